The van der Waals surface area contributed by atoms with E-state index in [9.17, 15) is 9.18 Å². The van der Waals surface area contributed by atoms with Crippen molar-refractivity contribution < 1.29 is 13.9 Å². The van der Waals surface area contributed by atoms with E-state index in [1.807, 2.05) is 19.1 Å². The van der Waals surface area contributed by atoms with Gasteiger partial charge in [-0.25, -0.2) is 19.8 Å². The first kappa shape index (κ1) is 24.0. The molecule has 4 rings (SSSR count). The van der Waals surface area contributed by atoms with Gasteiger partial charge in [-0.1, -0.05) is 29.8 Å². The van der Waals surface area contributed by atoms with Crippen LogP contribution in [-0.2, 0) is 4.74 Å². The molecular formula is C22H23ClFN7O2. The molecule has 1 aromatic carbocycles. The lowest BCUT2D eigenvalue weighted by atomic mass is 10.2. The number of aromatic nitrogens is 3. The Balaban J connectivity index is 0.000000286. The predicted octanol–water partition coefficient (Wildman–Crippen LogP) is 3.34. The van der Waals surface area contributed by atoms with Gasteiger partial charge in [-0.15, -0.1) is 0 Å². The van der Waals surface area contributed by atoms with Crippen LogP contribution in [0.2, 0.25) is 5.02 Å². The molecule has 3 N–H and O–H groups in total. The fraction of sp³-hybridized carbons (Fsp3) is 0.227. The number of para-hydroxylation sites is 1. The van der Waals surface area contributed by atoms with Crippen LogP contribution in [0.4, 0.5) is 21.8 Å². The number of halogens is 2. The van der Waals surface area contributed by atoms with Crippen LogP contribution in [0.15, 0.2) is 47.7 Å². The van der Waals surface area contributed by atoms with E-state index in [1.165, 1.54) is 6.21 Å². The van der Waals surface area contributed by atoms with E-state index in [4.69, 9.17) is 22.1 Å². The van der Waals surface area contributed by atoms with E-state index < -0.39 is 5.82 Å². The molecule has 0 spiro atoms. The van der Waals surface area contributed by atoms with Crippen molar-refractivity contribution in [3.63, 3.8) is 0 Å². The van der Waals surface area contributed by atoms with E-state index in [0.717, 1.165) is 11.8 Å². The molecule has 0 atom stereocenters. The number of benzene rings is 1. The zero-order chi connectivity index (χ0) is 23.6. The average Bonchev–Trinajstić information content (AvgIpc) is 2.84. The van der Waals surface area contributed by atoms with Gasteiger partial charge in [-0.05, 0) is 30.7 Å². The number of aryl methyl sites for hydroxylation is 1. The van der Waals surface area contributed by atoms with E-state index in [1.54, 1.807) is 29.2 Å². The molecule has 0 aliphatic carbocycles. The van der Waals surface area contributed by atoms with Gasteiger partial charge in [0, 0.05) is 13.1 Å². The van der Waals surface area contributed by atoms with Crippen LogP contribution >= 0.6 is 11.6 Å². The molecule has 1 saturated heterocycles. The number of rotatable bonds is 5. The van der Waals surface area contributed by atoms with Crippen molar-refractivity contribution in [2.24, 2.45) is 5.10 Å². The Labute approximate surface area is 195 Å². The summed E-state index contributed by atoms with van der Waals surface area (Å²) in [6.07, 6.45) is 3.18. The number of hydrogen-bond donors (Lipinski definition) is 2. The van der Waals surface area contributed by atoms with Crippen LogP contribution in [0.5, 0.6) is 0 Å². The van der Waals surface area contributed by atoms with Gasteiger partial charge in [0.2, 0.25) is 5.95 Å². The molecule has 0 amide bonds. The number of anilines is 3. The highest BCUT2D eigenvalue weighted by atomic mass is 35.5. The van der Waals surface area contributed by atoms with Gasteiger partial charge in [0.05, 0.1) is 42.0 Å². The van der Waals surface area contributed by atoms with Crippen molar-refractivity contribution in [3.8, 4) is 0 Å². The number of carbonyl (C=O) groups is 1. The second kappa shape index (κ2) is 11.8. The standard InChI is InChI=1S/C15H15FN6O2.C7H8ClN/c16-13-9-17-15(20-14(13)22-4-6-24-7-5-22)21-18-8-11-2-1-3-12(10-23)19-11;1-5-3-2-4-6(8)7(5)9/h1-3,8-10H,4-7H2,(H,17,20,21);2-4H,9H2,1H3/b18-8+;. The smallest absolute Gasteiger partial charge is 0.245 e. The van der Waals surface area contributed by atoms with E-state index >= 15 is 0 Å². The first-order chi connectivity index (χ1) is 16.0. The van der Waals surface area contributed by atoms with Crippen molar-refractivity contribution >= 4 is 41.6 Å². The summed E-state index contributed by atoms with van der Waals surface area (Å²) in [5.74, 6) is -0.112. The summed E-state index contributed by atoms with van der Waals surface area (Å²) in [7, 11) is 0. The summed E-state index contributed by atoms with van der Waals surface area (Å²) in [5.41, 5.74) is 10.7. The van der Waals surface area contributed by atoms with Gasteiger partial charge in [-0.3, -0.25) is 4.79 Å². The minimum absolute atomic E-state index is 0.167. The SMILES string of the molecule is Cc1cccc(Cl)c1N.O=Cc1cccc(/C=N/Nc2ncc(F)c(N3CCOCC3)n2)n1. The first-order valence-corrected chi connectivity index (χ1v) is 10.4. The summed E-state index contributed by atoms with van der Waals surface area (Å²) >= 11 is 5.69. The molecule has 1 aliphatic heterocycles. The molecule has 3 heterocycles. The minimum Gasteiger partial charge on any atom is -0.397 e. The predicted molar refractivity (Wildman–Crippen MR) is 126 cm³/mol. The Kier molecular flexibility index (Phi) is 8.62. The molecule has 33 heavy (non-hydrogen) atoms. The lowest BCUT2D eigenvalue weighted by Crippen LogP contribution is -2.37. The number of carbonyl (C=O) groups excluding carboxylic acids is 1. The fourth-order valence-corrected chi connectivity index (χ4v) is 3.04. The largest absolute Gasteiger partial charge is 0.397 e. The van der Waals surface area contributed by atoms with Gasteiger partial charge < -0.3 is 15.4 Å². The van der Waals surface area contributed by atoms with E-state index in [0.29, 0.717) is 54.7 Å². The van der Waals surface area contributed by atoms with Gasteiger partial charge >= 0.3 is 0 Å². The number of nitrogen functional groups attached to an aromatic ring is 1. The second-order valence-electron chi connectivity index (χ2n) is 6.91. The molecule has 11 heteroatoms. The maximum Gasteiger partial charge on any atom is 0.245 e. The molecule has 0 unspecified atom stereocenters. The molecule has 1 fully saturated rings. The number of pyridine rings is 1. The number of nitrogens with one attached hydrogen (secondary N) is 1. The average molecular weight is 472 g/mol. The lowest BCUT2D eigenvalue weighted by Gasteiger charge is -2.27. The van der Waals surface area contributed by atoms with E-state index in [-0.39, 0.29) is 11.8 Å². The molecule has 1 aliphatic rings. The fourth-order valence-electron chi connectivity index (χ4n) is 2.82. The zero-order valence-electron chi connectivity index (χ0n) is 17.9. The highest BCUT2D eigenvalue weighted by Crippen LogP contribution is 2.21. The van der Waals surface area contributed by atoms with Crippen LogP contribution in [-0.4, -0.2) is 53.8 Å². The molecule has 172 valence electrons. The van der Waals surface area contributed by atoms with Gasteiger partial charge in [0.15, 0.2) is 17.9 Å². The third kappa shape index (κ3) is 6.93. The molecular weight excluding hydrogens is 449 g/mol. The highest BCUT2D eigenvalue weighted by Gasteiger charge is 2.17. The Morgan fingerprint density at radius 3 is 2.61 bits per heavy atom. The molecule has 3 aromatic rings. The molecule has 0 saturated carbocycles. The lowest BCUT2D eigenvalue weighted by molar-refractivity contribution is 0.111. The molecule has 9 nitrogen and oxygen atoms in total. The van der Waals surface area contributed by atoms with Crippen molar-refractivity contribution in [2.45, 2.75) is 6.92 Å². The summed E-state index contributed by atoms with van der Waals surface area (Å²) in [6.45, 7) is 4.13. The molecule has 2 aromatic heterocycles. The third-order valence-electron chi connectivity index (χ3n) is 4.58. The van der Waals surface area contributed by atoms with Crippen LogP contribution < -0.4 is 16.1 Å². The minimum atomic E-state index is -0.494. The third-order valence-corrected chi connectivity index (χ3v) is 4.91. The summed E-state index contributed by atoms with van der Waals surface area (Å²) < 4.78 is 19.2. The Hall–Kier alpha value is -3.63. The number of hydrogen-bond acceptors (Lipinski definition) is 9. The monoisotopic (exact) mass is 471 g/mol. The van der Waals surface area contributed by atoms with Crippen LogP contribution in [0, 0.1) is 12.7 Å². The zero-order valence-corrected chi connectivity index (χ0v) is 18.7. The van der Waals surface area contributed by atoms with Crippen molar-refractivity contribution in [2.75, 3.05) is 42.4 Å². The maximum absolute atomic E-state index is 13.9. The normalized spacial score (nSPS) is 13.4. The van der Waals surface area contributed by atoms with Gasteiger partial charge in [0.25, 0.3) is 0 Å². The van der Waals surface area contributed by atoms with Crippen molar-refractivity contribution in [1.82, 2.24) is 15.0 Å². The number of hydrazone groups is 1. The van der Waals surface area contributed by atoms with Crippen LogP contribution in [0.3, 0.4) is 0 Å². The number of ether oxygens (including phenoxy) is 1. The Morgan fingerprint density at radius 1 is 1.18 bits per heavy atom. The Bertz CT molecular complexity index is 1100. The molecule has 0 radical (unpaired) electrons. The summed E-state index contributed by atoms with van der Waals surface area (Å²) in [5, 5.41) is 4.59. The quantitative estimate of drug-likeness (QED) is 0.252. The summed E-state index contributed by atoms with van der Waals surface area (Å²) in [6, 6.07) is 10.6. The number of morpholine rings is 1. The van der Waals surface area contributed by atoms with Crippen LogP contribution in [0.1, 0.15) is 21.7 Å². The van der Waals surface area contributed by atoms with Crippen molar-refractivity contribution in [3.05, 3.63) is 70.4 Å². The molecule has 0 bridgehead atoms. The first-order valence-electron chi connectivity index (χ1n) is 10.0. The number of aldehydes is 1. The topological polar surface area (TPSA) is 119 Å². The van der Waals surface area contributed by atoms with Crippen molar-refractivity contribution in [1.29, 1.82) is 0 Å². The maximum atomic E-state index is 13.9. The number of nitrogens with two attached hydrogens (primary N) is 1. The van der Waals surface area contributed by atoms with E-state index in [2.05, 4.69) is 25.5 Å². The number of nitrogens with zero attached hydrogens (tertiary/aromatic N) is 5. The van der Waals surface area contributed by atoms with Crippen LogP contribution in [0.25, 0.3) is 0 Å². The van der Waals surface area contributed by atoms with Gasteiger partial charge in [0.1, 0.15) is 5.69 Å². The highest BCUT2D eigenvalue weighted by molar-refractivity contribution is 6.33. The Morgan fingerprint density at radius 2 is 1.91 bits per heavy atom. The second-order valence-corrected chi connectivity index (χ2v) is 7.32. The summed E-state index contributed by atoms with van der Waals surface area (Å²) in [4.78, 5) is 24.5. The van der Waals surface area contributed by atoms with Gasteiger partial charge in [-0.2, -0.15) is 10.1 Å².